The fourth-order valence-corrected chi connectivity index (χ4v) is 3.35. The number of nitro groups is 1. The van der Waals surface area contributed by atoms with E-state index in [1.807, 2.05) is 67.6 Å². The smallest absolute Gasteiger partial charge is 0.283 e. The van der Waals surface area contributed by atoms with Gasteiger partial charge in [-0.25, -0.2) is 0 Å². The maximum Gasteiger partial charge on any atom is 0.283 e. The Balaban J connectivity index is 1.92. The number of benzene rings is 3. The van der Waals surface area contributed by atoms with Crippen molar-refractivity contribution in [3.63, 3.8) is 0 Å². The summed E-state index contributed by atoms with van der Waals surface area (Å²) in [6.07, 6.45) is 0. The zero-order valence-corrected chi connectivity index (χ0v) is 16.0. The third kappa shape index (κ3) is 4.05. The highest BCUT2D eigenvalue weighted by Gasteiger charge is 2.30. The number of nitrogens with one attached hydrogen (secondary N) is 1. The predicted octanol–water partition coefficient (Wildman–Crippen LogP) is 4.98. The van der Waals surface area contributed by atoms with Crippen molar-refractivity contribution in [1.29, 1.82) is 0 Å². The molecule has 1 N–H and O–H groups in total. The van der Waals surface area contributed by atoms with Crippen LogP contribution in [-0.4, -0.2) is 17.4 Å². The number of hydrogen-bond donors (Lipinski definition) is 1. The lowest BCUT2D eigenvalue weighted by Gasteiger charge is -2.31. The lowest BCUT2D eigenvalue weighted by atomic mass is 9.76. The van der Waals surface area contributed by atoms with E-state index in [-0.39, 0.29) is 22.8 Å². The SMILES string of the molecule is CC(CNC(=O)c1ccc(Cl)cc1[N+](=O)[O-])(c1ccccc1)c1ccccc1. The summed E-state index contributed by atoms with van der Waals surface area (Å²) in [5.74, 6) is -0.513. The number of nitrogens with zero attached hydrogens (tertiary/aromatic N) is 1. The minimum absolute atomic E-state index is 0.0159. The molecule has 3 aromatic carbocycles. The van der Waals surface area contributed by atoms with Gasteiger partial charge in [-0.1, -0.05) is 72.3 Å². The van der Waals surface area contributed by atoms with Crippen LogP contribution in [-0.2, 0) is 5.41 Å². The van der Waals surface area contributed by atoms with Gasteiger partial charge in [-0.05, 0) is 30.2 Å². The molecule has 142 valence electrons. The van der Waals surface area contributed by atoms with Gasteiger partial charge in [-0.15, -0.1) is 0 Å². The quantitative estimate of drug-likeness (QED) is 0.473. The van der Waals surface area contributed by atoms with E-state index >= 15 is 0 Å². The van der Waals surface area contributed by atoms with E-state index in [0.717, 1.165) is 11.1 Å². The first-order valence-corrected chi connectivity index (χ1v) is 9.13. The third-order valence-electron chi connectivity index (χ3n) is 4.83. The number of carbonyl (C=O) groups is 1. The van der Waals surface area contributed by atoms with Crippen molar-refractivity contribution in [1.82, 2.24) is 5.32 Å². The highest BCUT2D eigenvalue weighted by atomic mass is 35.5. The highest BCUT2D eigenvalue weighted by Crippen LogP contribution is 2.31. The molecule has 0 saturated carbocycles. The van der Waals surface area contributed by atoms with E-state index < -0.39 is 16.2 Å². The molecule has 0 unspecified atom stereocenters. The Morgan fingerprint density at radius 2 is 1.54 bits per heavy atom. The molecule has 0 fully saturated rings. The molecule has 1 amide bonds. The molecular weight excluding hydrogens is 376 g/mol. The summed E-state index contributed by atoms with van der Waals surface area (Å²) in [5.41, 5.74) is 1.24. The molecule has 0 atom stereocenters. The molecule has 0 aliphatic rings. The molecule has 28 heavy (non-hydrogen) atoms. The second kappa shape index (κ2) is 8.23. The van der Waals surface area contributed by atoms with Gasteiger partial charge >= 0.3 is 0 Å². The number of amides is 1. The minimum Gasteiger partial charge on any atom is -0.351 e. The third-order valence-corrected chi connectivity index (χ3v) is 5.06. The van der Waals surface area contributed by atoms with Crippen LogP contribution in [0.25, 0.3) is 0 Å². The van der Waals surface area contributed by atoms with Crippen molar-refractivity contribution in [3.8, 4) is 0 Å². The molecule has 0 aliphatic heterocycles. The summed E-state index contributed by atoms with van der Waals surface area (Å²) in [4.78, 5) is 23.4. The van der Waals surface area contributed by atoms with Gasteiger partial charge in [0.05, 0.1) is 4.92 Å². The first-order chi connectivity index (χ1) is 13.4. The number of halogens is 1. The van der Waals surface area contributed by atoms with Crippen molar-refractivity contribution >= 4 is 23.2 Å². The highest BCUT2D eigenvalue weighted by molar-refractivity contribution is 6.31. The summed E-state index contributed by atoms with van der Waals surface area (Å²) >= 11 is 5.84. The molecule has 0 bridgehead atoms. The summed E-state index contributed by atoms with van der Waals surface area (Å²) < 4.78 is 0. The van der Waals surface area contributed by atoms with Crippen LogP contribution in [0.5, 0.6) is 0 Å². The van der Waals surface area contributed by atoms with Gasteiger partial charge in [0, 0.05) is 23.0 Å². The van der Waals surface area contributed by atoms with Crippen LogP contribution in [0, 0.1) is 10.1 Å². The summed E-state index contributed by atoms with van der Waals surface area (Å²) in [5, 5.41) is 14.4. The Morgan fingerprint density at radius 1 is 1.00 bits per heavy atom. The maximum atomic E-state index is 12.7. The lowest BCUT2D eigenvalue weighted by molar-refractivity contribution is -0.385. The molecular formula is C22H19ClN2O3. The fraction of sp³-hybridized carbons (Fsp3) is 0.136. The lowest BCUT2D eigenvalue weighted by Crippen LogP contribution is -2.39. The topological polar surface area (TPSA) is 72.2 Å². The van der Waals surface area contributed by atoms with E-state index in [1.165, 1.54) is 18.2 Å². The average Bonchev–Trinajstić information content (AvgIpc) is 2.73. The van der Waals surface area contributed by atoms with Crippen LogP contribution < -0.4 is 5.32 Å². The zero-order valence-electron chi connectivity index (χ0n) is 15.3. The molecule has 0 spiro atoms. The Labute approximate surface area is 168 Å². The first kappa shape index (κ1) is 19.6. The summed E-state index contributed by atoms with van der Waals surface area (Å²) in [7, 11) is 0. The molecule has 5 nitrogen and oxygen atoms in total. The van der Waals surface area contributed by atoms with E-state index in [1.54, 1.807) is 0 Å². The molecule has 0 radical (unpaired) electrons. The van der Waals surface area contributed by atoms with Crippen LogP contribution in [0.1, 0.15) is 28.4 Å². The van der Waals surface area contributed by atoms with Gasteiger partial charge in [0.25, 0.3) is 11.6 Å². The summed E-state index contributed by atoms with van der Waals surface area (Å²) in [6.45, 7) is 2.31. The Kier molecular flexibility index (Phi) is 5.76. The second-order valence-electron chi connectivity index (χ2n) is 6.67. The van der Waals surface area contributed by atoms with Crippen LogP contribution in [0.2, 0.25) is 5.02 Å². The van der Waals surface area contributed by atoms with Crippen LogP contribution in [0.3, 0.4) is 0 Å². The Morgan fingerprint density at radius 3 is 2.04 bits per heavy atom. The molecule has 0 saturated heterocycles. The van der Waals surface area contributed by atoms with Gasteiger partial charge in [-0.3, -0.25) is 14.9 Å². The van der Waals surface area contributed by atoms with Crippen molar-refractivity contribution in [2.24, 2.45) is 0 Å². The molecule has 0 heterocycles. The largest absolute Gasteiger partial charge is 0.351 e. The average molecular weight is 395 g/mol. The zero-order chi connectivity index (χ0) is 20.1. The standard InChI is InChI=1S/C22H19ClN2O3/c1-22(16-8-4-2-5-9-16,17-10-6-3-7-11-17)15-24-21(26)19-13-12-18(23)14-20(19)25(27)28/h2-14H,15H2,1H3,(H,24,26). The number of carbonyl (C=O) groups excluding carboxylic acids is 1. The van der Waals surface area contributed by atoms with Gasteiger partial charge in [-0.2, -0.15) is 0 Å². The van der Waals surface area contributed by atoms with Crippen molar-refractivity contribution in [3.05, 3.63) is 111 Å². The molecule has 3 rings (SSSR count). The monoisotopic (exact) mass is 394 g/mol. The van der Waals surface area contributed by atoms with Crippen LogP contribution >= 0.6 is 11.6 Å². The van der Waals surface area contributed by atoms with Crippen molar-refractivity contribution < 1.29 is 9.72 Å². The Hall–Kier alpha value is -3.18. The normalized spacial score (nSPS) is 11.1. The molecule has 3 aromatic rings. The van der Waals surface area contributed by atoms with Gasteiger partial charge in [0.15, 0.2) is 0 Å². The van der Waals surface area contributed by atoms with E-state index in [2.05, 4.69) is 5.32 Å². The predicted molar refractivity (Wildman–Crippen MR) is 110 cm³/mol. The van der Waals surface area contributed by atoms with Gasteiger partial charge < -0.3 is 5.32 Å². The number of rotatable bonds is 6. The molecule has 0 aliphatic carbocycles. The Bertz CT molecular complexity index is 952. The van der Waals surface area contributed by atoms with Crippen molar-refractivity contribution in [2.45, 2.75) is 12.3 Å². The number of hydrogen-bond acceptors (Lipinski definition) is 3. The van der Waals surface area contributed by atoms with Gasteiger partial charge in [0.1, 0.15) is 5.56 Å². The van der Waals surface area contributed by atoms with E-state index in [4.69, 9.17) is 11.6 Å². The van der Waals surface area contributed by atoms with E-state index in [0.29, 0.717) is 0 Å². The second-order valence-corrected chi connectivity index (χ2v) is 7.10. The minimum atomic E-state index is -0.603. The van der Waals surface area contributed by atoms with Crippen LogP contribution in [0.15, 0.2) is 78.9 Å². The molecule has 0 aromatic heterocycles. The van der Waals surface area contributed by atoms with E-state index in [9.17, 15) is 14.9 Å². The fourth-order valence-electron chi connectivity index (χ4n) is 3.18. The summed E-state index contributed by atoms with van der Waals surface area (Å²) in [6, 6.07) is 23.7. The maximum absolute atomic E-state index is 12.7. The molecule has 6 heteroatoms. The van der Waals surface area contributed by atoms with Crippen LogP contribution in [0.4, 0.5) is 5.69 Å². The van der Waals surface area contributed by atoms with Crippen molar-refractivity contribution in [2.75, 3.05) is 6.54 Å². The first-order valence-electron chi connectivity index (χ1n) is 8.75. The number of nitro benzene ring substituents is 1. The van der Waals surface area contributed by atoms with Gasteiger partial charge in [0.2, 0.25) is 0 Å².